The van der Waals surface area contributed by atoms with E-state index >= 15 is 0 Å². The summed E-state index contributed by atoms with van der Waals surface area (Å²) >= 11 is 0. The predicted molar refractivity (Wildman–Crippen MR) is 343 cm³/mol. The molecule has 0 amide bonds. The van der Waals surface area contributed by atoms with Crippen molar-refractivity contribution in [3.05, 3.63) is 272 Å². The van der Waals surface area contributed by atoms with Crippen LogP contribution in [0, 0.1) is 17.9 Å². The Morgan fingerprint density at radius 1 is 0.313 bits per heavy atom. The van der Waals surface area contributed by atoms with E-state index in [-0.39, 0.29) is 0 Å². The summed E-state index contributed by atoms with van der Waals surface area (Å²) in [7, 11) is 0. The summed E-state index contributed by atoms with van der Waals surface area (Å²) in [6, 6.07) is 92.8. The van der Waals surface area contributed by atoms with Crippen LogP contribution in [0.1, 0.15) is 5.56 Å². The standard InChI is InChI=1S/C76H42N6O/c1-78-71-73(79-60-32-11-4-22-50(60)51-23-5-12-33-61(51)79)59(44-77)74(80-62-34-13-6-24-52(62)53-25-7-14-35-63(53)80)76(75(71)81-64-36-15-8-26-54(64)55-27-9-16-37-65(55)81)82-66-38-19-31-56(48-30-18-29-47-46-21-3-2-20-45(46)40-41-49(47)48)69(66)58-42-43-68-70(72(58)82)57-28-10-17-39-67(57)83-68/h2-43H. The number of hydrogen-bond acceptors (Lipinski definition) is 2. The number of fused-ring (bicyclic) bond motifs is 19. The first-order valence-corrected chi connectivity index (χ1v) is 27.9. The Morgan fingerprint density at radius 3 is 1.33 bits per heavy atom. The predicted octanol–water partition coefficient (Wildman–Crippen LogP) is 20.4. The van der Waals surface area contributed by atoms with Gasteiger partial charge in [-0.1, -0.05) is 194 Å². The number of benzene rings is 13. The molecule has 5 aromatic heterocycles. The molecule has 0 aliphatic heterocycles. The van der Waals surface area contributed by atoms with E-state index in [9.17, 15) is 11.8 Å². The van der Waals surface area contributed by atoms with Gasteiger partial charge < -0.3 is 22.7 Å². The highest BCUT2D eigenvalue weighted by Crippen LogP contribution is 2.54. The van der Waals surface area contributed by atoms with Crippen LogP contribution in [0.3, 0.4) is 0 Å². The number of rotatable bonds is 5. The zero-order valence-electron chi connectivity index (χ0n) is 44.3. The molecule has 0 unspecified atom stereocenters. The lowest BCUT2D eigenvalue weighted by atomic mass is 9.92. The van der Waals surface area contributed by atoms with Gasteiger partial charge in [0, 0.05) is 48.5 Å². The van der Waals surface area contributed by atoms with Crippen molar-refractivity contribution in [3.8, 4) is 39.9 Å². The van der Waals surface area contributed by atoms with Gasteiger partial charge in [-0.15, -0.1) is 0 Å². The van der Waals surface area contributed by atoms with E-state index < -0.39 is 0 Å². The fraction of sp³-hybridized carbons (Fsp3) is 0. The molecule has 5 heterocycles. The van der Waals surface area contributed by atoms with Crippen molar-refractivity contribution in [3.63, 3.8) is 0 Å². The molecule has 0 N–H and O–H groups in total. The minimum Gasteiger partial charge on any atom is -0.456 e. The Bertz CT molecular complexity index is 5670. The highest BCUT2D eigenvalue weighted by atomic mass is 16.3. The molecule has 382 valence electrons. The number of hydrogen-bond donors (Lipinski definition) is 0. The van der Waals surface area contributed by atoms with Crippen molar-refractivity contribution in [1.82, 2.24) is 18.3 Å². The van der Waals surface area contributed by atoms with E-state index in [1.807, 2.05) is 24.3 Å². The minimum absolute atomic E-state index is 0.329. The third-order valence-electron chi connectivity index (χ3n) is 17.6. The zero-order chi connectivity index (χ0) is 54.6. The molecule has 7 heteroatoms. The summed E-state index contributed by atoms with van der Waals surface area (Å²) < 4.78 is 16.1. The number of furan rings is 1. The molecule has 0 radical (unpaired) electrons. The number of nitriles is 1. The molecule has 0 saturated carbocycles. The van der Waals surface area contributed by atoms with Crippen LogP contribution in [0.15, 0.2) is 259 Å². The Kier molecular flexibility index (Phi) is 9.23. The van der Waals surface area contributed by atoms with Gasteiger partial charge in [-0.2, -0.15) is 5.26 Å². The second kappa shape index (κ2) is 16.9. The molecule has 0 aliphatic rings. The molecule has 0 saturated heterocycles. The number of nitrogens with zero attached hydrogens (tertiary/aromatic N) is 6. The smallest absolute Gasteiger partial charge is 0.237 e. The molecule has 0 atom stereocenters. The van der Waals surface area contributed by atoms with Crippen LogP contribution in [-0.4, -0.2) is 18.3 Å². The summed E-state index contributed by atoms with van der Waals surface area (Å²) in [5, 5.41) is 27.6. The average molecular weight is 1060 g/mol. The molecule has 0 fully saturated rings. The summed E-state index contributed by atoms with van der Waals surface area (Å²) in [6.07, 6.45) is 0. The van der Waals surface area contributed by atoms with Crippen molar-refractivity contribution >= 4 is 136 Å². The quantitative estimate of drug-likeness (QED) is 0.127. The summed E-state index contributed by atoms with van der Waals surface area (Å²) in [4.78, 5) is 4.84. The molecule has 0 bridgehead atoms. The molecular weight excluding hydrogens is 1010 g/mol. The molecule has 0 spiro atoms. The Morgan fingerprint density at radius 2 is 0.759 bits per heavy atom. The van der Waals surface area contributed by atoms with Crippen molar-refractivity contribution < 1.29 is 4.42 Å². The third-order valence-corrected chi connectivity index (χ3v) is 17.6. The van der Waals surface area contributed by atoms with E-state index in [0.717, 1.165) is 126 Å². The molecule has 18 aromatic rings. The third kappa shape index (κ3) is 5.99. The van der Waals surface area contributed by atoms with Crippen LogP contribution < -0.4 is 0 Å². The zero-order valence-corrected chi connectivity index (χ0v) is 44.3. The molecular formula is C76H42N6O. The maximum atomic E-state index is 12.8. The van der Waals surface area contributed by atoms with Crippen LogP contribution in [-0.2, 0) is 0 Å². The van der Waals surface area contributed by atoms with Crippen LogP contribution >= 0.6 is 0 Å². The van der Waals surface area contributed by atoms with Crippen LogP contribution in [0.2, 0.25) is 0 Å². The lowest BCUT2D eigenvalue weighted by Crippen LogP contribution is -2.14. The molecule has 13 aromatic carbocycles. The van der Waals surface area contributed by atoms with Gasteiger partial charge in [0.15, 0.2) is 0 Å². The van der Waals surface area contributed by atoms with Crippen LogP contribution in [0.5, 0.6) is 0 Å². The van der Waals surface area contributed by atoms with E-state index in [4.69, 9.17) is 9.26 Å². The first kappa shape index (κ1) is 45.2. The first-order valence-electron chi connectivity index (χ1n) is 27.9. The second-order valence-electron chi connectivity index (χ2n) is 21.6. The van der Waals surface area contributed by atoms with Crippen LogP contribution in [0.25, 0.3) is 169 Å². The van der Waals surface area contributed by atoms with Gasteiger partial charge in [0.25, 0.3) is 0 Å². The van der Waals surface area contributed by atoms with Crippen molar-refractivity contribution in [2.45, 2.75) is 0 Å². The normalized spacial score (nSPS) is 12.1. The lowest BCUT2D eigenvalue weighted by Gasteiger charge is -2.27. The highest BCUT2D eigenvalue weighted by Gasteiger charge is 2.35. The summed E-state index contributed by atoms with van der Waals surface area (Å²) in [5.41, 5.74) is 14.1. The monoisotopic (exact) mass is 1050 g/mol. The summed E-state index contributed by atoms with van der Waals surface area (Å²) in [5.74, 6) is 0. The molecule has 0 aliphatic carbocycles. The van der Waals surface area contributed by atoms with Gasteiger partial charge in [-0.3, -0.25) is 0 Å². The van der Waals surface area contributed by atoms with E-state index in [2.05, 4.69) is 255 Å². The Labute approximate surface area is 473 Å². The van der Waals surface area contributed by atoms with Gasteiger partial charge in [0.05, 0.1) is 84.4 Å². The number of para-hydroxylation sites is 7. The Balaban J connectivity index is 1.16. The maximum Gasteiger partial charge on any atom is 0.237 e. The van der Waals surface area contributed by atoms with Crippen molar-refractivity contribution in [1.29, 1.82) is 5.26 Å². The van der Waals surface area contributed by atoms with Crippen LogP contribution in [0.4, 0.5) is 5.69 Å². The first-order chi connectivity index (χ1) is 41.2. The van der Waals surface area contributed by atoms with Gasteiger partial charge in [-0.25, -0.2) is 4.85 Å². The van der Waals surface area contributed by atoms with Gasteiger partial charge in [0.1, 0.15) is 17.2 Å². The van der Waals surface area contributed by atoms with E-state index in [1.54, 1.807) is 0 Å². The van der Waals surface area contributed by atoms with Gasteiger partial charge >= 0.3 is 0 Å². The SMILES string of the molecule is [C-]#[N+]c1c(-n2c3ccccc3c3ccccc32)c(C#N)c(-n2c3ccccc3c3ccccc32)c(-n2c3cccc(-c4cccc5c4ccc4ccccc45)c3c3ccc4oc5ccccc5c4c32)c1-n1c2ccccc2c2ccccc21. The molecule has 83 heavy (non-hydrogen) atoms. The van der Waals surface area contributed by atoms with Gasteiger partial charge in [0.2, 0.25) is 5.69 Å². The summed E-state index contributed by atoms with van der Waals surface area (Å²) in [6.45, 7) is 9.94. The topological polar surface area (TPSA) is 61.0 Å². The number of aromatic nitrogens is 4. The van der Waals surface area contributed by atoms with E-state index in [0.29, 0.717) is 34.0 Å². The lowest BCUT2D eigenvalue weighted by molar-refractivity contribution is 0.669. The van der Waals surface area contributed by atoms with E-state index in [1.165, 1.54) is 16.2 Å². The molecule has 18 rings (SSSR count). The largest absolute Gasteiger partial charge is 0.456 e. The molecule has 7 nitrogen and oxygen atoms in total. The Hall–Kier alpha value is -11.6. The maximum absolute atomic E-state index is 12.8. The van der Waals surface area contributed by atoms with Crippen molar-refractivity contribution in [2.75, 3.05) is 0 Å². The fourth-order valence-corrected chi connectivity index (χ4v) is 14.3. The van der Waals surface area contributed by atoms with Crippen molar-refractivity contribution in [2.24, 2.45) is 0 Å². The average Bonchev–Trinajstić information content (AvgIpc) is 1.77. The minimum atomic E-state index is 0.329. The highest BCUT2D eigenvalue weighted by molar-refractivity contribution is 6.29. The van der Waals surface area contributed by atoms with Gasteiger partial charge in [-0.05, 0) is 93.3 Å². The fourth-order valence-electron chi connectivity index (χ4n) is 14.3. The second-order valence-corrected chi connectivity index (χ2v) is 21.6.